The predicted octanol–water partition coefficient (Wildman–Crippen LogP) is 5.28. The summed E-state index contributed by atoms with van der Waals surface area (Å²) in [7, 11) is 0. The van der Waals surface area contributed by atoms with Crippen LogP contribution in [0.5, 0.6) is 0 Å². The molecule has 2 atom stereocenters. The summed E-state index contributed by atoms with van der Waals surface area (Å²) in [6.07, 6.45) is 12.9. The van der Waals surface area contributed by atoms with Gasteiger partial charge in [0, 0.05) is 17.9 Å². The van der Waals surface area contributed by atoms with Gasteiger partial charge in [-0.3, -0.25) is 0 Å². The molecule has 0 aromatic carbocycles. The lowest BCUT2D eigenvalue weighted by atomic mass is 9.88. The molecular formula is C20H28O2. The molecule has 0 saturated carbocycles. The van der Waals surface area contributed by atoms with Crippen molar-refractivity contribution in [1.82, 2.24) is 0 Å². The van der Waals surface area contributed by atoms with Gasteiger partial charge in [-0.25, -0.2) is 4.79 Å². The summed E-state index contributed by atoms with van der Waals surface area (Å²) in [5.74, 6) is -0.0818. The maximum absolute atomic E-state index is 11.8. The minimum atomic E-state index is -0.212. The zero-order valence-corrected chi connectivity index (χ0v) is 14.2. The highest BCUT2D eigenvalue weighted by Crippen LogP contribution is 2.34. The van der Waals surface area contributed by atoms with Gasteiger partial charge in [-0.05, 0) is 52.9 Å². The van der Waals surface area contributed by atoms with Crippen LogP contribution >= 0.6 is 0 Å². The van der Waals surface area contributed by atoms with Gasteiger partial charge >= 0.3 is 5.97 Å². The van der Waals surface area contributed by atoms with E-state index >= 15 is 0 Å². The number of fused-ring (bicyclic) bond motifs is 1. The third kappa shape index (κ3) is 4.46. The molecule has 2 nitrogen and oxygen atoms in total. The first kappa shape index (κ1) is 16.8. The minimum absolute atomic E-state index is 0.0418. The molecule has 120 valence electrons. The molecule has 0 aromatic rings. The van der Waals surface area contributed by atoms with E-state index in [4.69, 9.17) is 4.74 Å². The summed E-state index contributed by atoms with van der Waals surface area (Å²) < 4.78 is 5.54. The fraction of sp³-hybridized carbons (Fsp3) is 0.550. The predicted molar refractivity (Wildman–Crippen MR) is 91.5 cm³/mol. The van der Waals surface area contributed by atoms with Crippen molar-refractivity contribution in [2.24, 2.45) is 5.92 Å². The van der Waals surface area contributed by atoms with Crippen molar-refractivity contribution in [2.75, 3.05) is 0 Å². The molecule has 1 aliphatic heterocycles. The Labute approximate surface area is 134 Å². The Hall–Kier alpha value is -1.57. The topological polar surface area (TPSA) is 26.3 Å². The maximum atomic E-state index is 11.8. The highest BCUT2D eigenvalue weighted by Gasteiger charge is 2.37. The van der Waals surface area contributed by atoms with Gasteiger partial charge in [0.1, 0.15) is 6.10 Å². The van der Waals surface area contributed by atoms with Crippen LogP contribution in [0.1, 0.15) is 59.3 Å². The largest absolute Gasteiger partial charge is 0.458 e. The quantitative estimate of drug-likeness (QED) is 0.346. The van der Waals surface area contributed by atoms with Crippen LogP contribution in [0.25, 0.3) is 0 Å². The third-order valence-electron chi connectivity index (χ3n) is 4.72. The second kappa shape index (κ2) is 7.62. The van der Waals surface area contributed by atoms with Gasteiger partial charge in [0.05, 0.1) is 0 Å². The van der Waals surface area contributed by atoms with Crippen LogP contribution in [0.3, 0.4) is 0 Å². The highest BCUT2D eigenvalue weighted by molar-refractivity contribution is 5.90. The van der Waals surface area contributed by atoms with E-state index in [9.17, 15) is 4.79 Å². The average Bonchev–Trinajstić information content (AvgIpc) is 2.71. The van der Waals surface area contributed by atoms with E-state index in [-0.39, 0.29) is 18.0 Å². The summed E-state index contributed by atoms with van der Waals surface area (Å²) >= 11 is 0. The van der Waals surface area contributed by atoms with E-state index in [1.54, 1.807) is 0 Å². The molecule has 1 fully saturated rings. The first-order valence-corrected chi connectivity index (χ1v) is 8.34. The number of hydrogen-bond donors (Lipinski definition) is 0. The SMILES string of the molecule is C=C1C(=O)OC2CC(C)=CCCC(C)=CCCC(C)=CCC12. The molecule has 0 aromatic heterocycles. The lowest BCUT2D eigenvalue weighted by molar-refractivity contribution is -0.139. The molecule has 1 heterocycles. The van der Waals surface area contributed by atoms with Gasteiger partial charge in [-0.2, -0.15) is 0 Å². The summed E-state index contributed by atoms with van der Waals surface area (Å²) in [4.78, 5) is 11.8. The maximum Gasteiger partial charge on any atom is 0.334 e. The molecular weight excluding hydrogens is 272 g/mol. The number of allylic oxidation sites excluding steroid dienone is 5. The van der Waals surface area contributed by atoms with Gasteiger partial charge in [0.25, 0.3) is 0 Å². The second-order valence-corrected chi connectivity index (χ2v) is 6.74. The average molecular weight is 300 g/mol. The van der Waals surface area contributed by atoms with Crippen molar-refractivity contribution >= 4 is 5.97 Å². The van der Waals surface area contributed by atoms with Gasteiger partial charge in [0.15, 0.2) is 0 Å². The van der Waals surface area contributed by atoms with Crippen molar-refractivity contribution in [2.45, 2.75) is 65.4 Å². The summed E-state index contributed by atoms with van der Waals surface area (Å²) in [5, 5.41) is 0. The van der Waals surface area contributed by atoms with Gasteiger partial charge < -0.3 is 4.74 Å². The number of carbonyl (C=O) groups is 1. The Bertz CT molecular complexity index is 534. The van der Waals surface area contributed by atoms with Crippen LogP contribution in [-0.4, -0.2) is 12.1 Å². The van der Waals surface area contributed by atoms with Crippen molar-refractivity contribution in [3.8, 4) is 0 Å². The first-order chi connectivity index (χ1) is 10.5. The number of hydrogen-bond acceptors (Lipinski definition) is 2. The van der Waals surface area contributed by atoms with Gasteiger partial charge in [-0.1, -0.05) is 41.5 Å². The standard InChI is InChI=1S/C20H28O2/c1-14-7-5-9-15(2)11-12-18-17(4)20(21)22-19(18)13-16(3)10-6-8-14/h7,10-11,18-19H,4-6,8-9,12-13H2,1-3H3. The smallest absolute Gasteiger partial charge is 0.334 e. The van der Waals surface area contributed by atoms with Crippen LogP contribution in [-0.2, 0) is 9.53 Å². The molecule has 0 radical (unpaired) electrons. The minimum Gasteiger partial charge on any atom is -0.458 e. The Morgan fingerprint density at radius 3 is 2.27 bits per heavy atom. The normalized spacial score (nSPS) is 28.0. The van der Waals surface area contributed by atoms with E-state index in [0.29, 0.717) is 5.57 Å². The molecule has 2 heteroatoms. The van der Waals surface area contributed by atoms with E-state index in [1.165, 1.54) is 16.7 Å². The van der Waals surface area contributed by atoms with E-state index in [0.717, 1.165) is 38.5 Å². The number of ether oxygens (including phenoxy) is 1. The Morgan fingerprint density at radius 2 is 1.59 bits per heavy atom. The van der Waals surface area contributed by atoms with Crippen molar-refractivity contribution in [1.29, 1.82) is 0 Å². The monoisotopic (exact) mass is 300 g/mol. The third-order valence-corrected chi connectivity index (χ3v) is 4.72. The Balaban J connectivity index is 2.19. The second-order valence-electron chi connectivity index (χ2n) is 6.74. The van der Waals surface area contributed by atoms with Crippen LogP contribution < -0.4 is 0 Å². The summed E-state index contributed by atoms with van der Waals surface area (Å²) in [5.41, 5.74) is 4.81. The molecule has 1 saturated heterocycles. The fourth-order valence-electron chi connectivity index (χ4n) is 3.17. The zero-order valence-electron chi connectivity index (χ0n) is 14.2. The Kier molecular flexibility index (Phi) is 5.82. The number of esters is 1. The lowest BCUT2D eigenvalue weighted by Crippen LogP contribution is -2.16. The van der Waals surface area contributed by atoms with E-state index < -0.39 is 0 Å². The molecule has 0 amide bonds. The summed E-state index contributed by atoms with van der Waals surface area (Å²) in [6.45, 7) is 10.5. The molecule has 0 N–H and O–H groups in total. The van der Waals surface area contributed by atoms with E-state index in [2.05, 4.69) is 45.6 Å². The van der Waals surface area contributed by atoms with E-state index in [1.807, 2.05) is 0 Å². The Morgan fingerprint density at radius 1 is 1.00 bits per heavy atom. The van der Waals surface area contributed by atoms with Crippen molar-refractivity contribution < 1.29 is 9.53 Å². The van der Waals surface area contributed by atoms with Gasteiger partial charge in [-0.15, -0.1) is 0 Å². The fourth-order valence-corrected chi connectivity index (χ4v) is 3.17. The zero-order chi connectivity index (χ0) is 16.1. The van der Waals surface area contributed by atoms with Gasteiger partial charge in [0.2, 0.25) is 0 Å². The summed E-state index contributed by atoms with van der Waals surface area (Å²) in [6, 6.07) is 0. The lowest BCUT2D eigenvalue weighted by Gasteiger charge is -2.17. The van der Waals surface area contributed by atoms with Crippen molar-refractivity contribution in [3.63, 3.8) is 0 Å². The van der Waals surface area contributed by atoms with Crippen LogP contribution in [0.2, 0.25) is 0 Å². The molecule has 22 heavy (non-hydrogen) atoms. The van der Waals surface area contributed by atoms with Crippen LogP contribution in [0, 0.1) is 5.92 Å². The van der Waals surface area contributed by atoms with Crippen LogP contribution in [0.4, 0.5) is 0 Å². The molecule has 1 aliphatic carbocycles. The number of carbonyl (C=O) groups excluding carboxylic acids is 1. The first-order valence-electron chi connectivity index (χ1n) is 8.34. The van der Waals surface area contributed by atoms with Crippen LogP contribution in [0.15, 0.2) is 47.1 Å². The molecule has 2 unspecified atom stereocenters. The molecule has 0 spiro atoms. The molecule has 2 aliphatic rings. The molecule has 2 rings (SSSR count). The highest BCUT2D eigenvalue weighted by atomic mass is 16.6. The molecule has 0 bridgehead atoms. The van der Waals surface area contributed by atoms with Crippen molar-refractivity contribution in [3.05, 3.63) is 47.1 Å². The number of rotatable bonds is 0.